The summed E-state index contributed by atoms with van der Waals surface area (Å²) in [5.41, 5.74) is 0.873. The van der Waals surface area contributed by atoms with Crippen molar-refractivity contribution in [2.75, 3.05) is 0 Å². The second-order valence-corrected chi connectivity index (χ2v) is 7.77. The van der Waals surface area contributed by atoms with Gasteiger partial charge in [0, 0.05) is 24.4 Å². The van der Waals surface area contributed by atoms with E-state index in [-0.39, 0.29) is 35.2 Å². The molecule has 3 aromatic rings. The molecule has 2 heterocycles. The predicted octanol–water partition coefficient (Wildman–Crippen LogP) is 3.57. The molecule has 0 amide bonds. The molecule has 3 rings (SSSR count). The fraction of sp³-hybridized carbons (Fsp3) is 0.263. The summed E-state index contributed by atoms with van der Waals surface area (Å²) in [6.07, 6.45) is 0.502. The number of carbonyl (C=O) groups is 2. The van der Waals surface area contributed by atoms with Crippen molar-refractivity contribution in [3.8, 4) is 0 Å². The van der Waals surface area contributed by atoms with E-state index in [0.717, 1.165) is 16.9 Å². The number of aromatic nitrogens is 2. The monoisotopic (exact) mass is 420 g/mol. The number of aliphatic carboxylic acids is 1. The highest BCUT2D eigenvalue weighted by Crippen LogP contribution is 2.28. The first-order valence-corrected chi connectivity index (χ1v) is 9.69. The van der Waals surface area contributed by atoms with E-state index in [1.807, 2.05) is 6.07 Å². The number of halogens is 1. The van der Waals surface area contributed by atoms with Crippen molar-refractivity contribution in [3.05, 3.63) is 61.5 Å². The summed E-state index contributed by atoms with van der Waals surface area (Å²) in [5, 5.41) is 19.1. The maximum absolute atomic E-state index is 13.1. The Balaban J connectivity index is 2.14. The number of benzene rings is 1. The molecular weight excluding hydrogens is 404 g/mol. The normalized spacial score (nSPS) is 11.1. The Morgan fingerprint density at radius 2 is 2.04 bits per heavy atom. The zero-order valence-electron chi connectivity index (χ0n) is 14.9. The van der Waals surface area contributed by atoms with Gasteiger partial charge in [-0.05, 0) is 36.6 Å². The van der Waals surface area contributed by atoms with Gasteiger partial charge in [0.05, 0.1) is 5.39 Å². The average molecular weight is 421 g/mol. The van der Waals surface area contributed by atoms with Crippen molar-refractivity contribution in [1.82, 2.24) is 9.55 Å². The molecule has 0 atom stereocenters. The van der Waals surface area contributed by atoms with Gasteiger partial charge in [-0.2, -0.15) is 0 Å². The van der Waals surface area contributed by atoms with Gasteiger partial charge in [-0.1, -0.05) is 23.7 Å². The van der Waals surface area contributed by atoms with Crippen LogP contribution in [-0.2, 0) is 17.8 Å². The van der Waals surface area contributed by atoms with Crippen LogP contribution in [0.25, 0.3) is 10.2 Å². The SMILES string of the molecule is Cc1c(C(=O)O)sc2nc(Cc3cccc(Cl)c3)n(CCCC(=O)O)c(=O)c12. The smallest absolute Gasteiger partial charge is 0.346 e. The Kier molecular flexibility index (Phi) is 5.81. The van der Waals surface area contributed by atoms with Crippen molar-refractivity contribution >= 4 is 45.1 Å². The number of aryl methyl sites for hydroxylation is 1. The van der Waals surface area contributed by atoms with Crippen LogP contribution < -0.4 is 5.56 Å². The van der Waals surface area contributed by atoms with Crippen molar-refractivity contribution in [3.63, 3.8) is 0 Å². The summed E-state index contributed by atoms with van der Waals surface area (Å²) >= 11 is 7.00. The Hall–Kier alpha value is -2.71. The molecule has 7 nitrogen and oxygen atoms in total. The van der Waals surface area contributed by atoms with Crippen molar-refractivity contribution in [2.24, 2.45) is 0 Å². The molecule has 9 heteroatoms. The van der Waals surface area contributed by atoms with Crippen LogP contribution in [0.3, 0.4) is 0 Å². The molecule has 1 aromatic carbocycles. The Labute approximate surface area is 168 Å². The lowest BCUT2D eigenvalue weighted by Crippen LogP contribution is -2.26. The van der Waals surface area contributed by atoms with Gasteiger partial charge in [-0.15, -0.1) is 11.3 Å². The third-order valence-electron chi connectivity index (χ3n) is 4.35. The Morgan fingerprint density at radius 1 is 1.29 bits per heavy atom. The Bertz CT molecular complexity index is 1140. The molecule has 0 saturated carbocycles. The molecule has 0 saturated heterocycles. The van der Waals surface area contributed by atoms with Gasteiger partial charge in [0.25, 0.3) is 5.56 Å². The fourth-order valence-electron chi connectivity index (χ4n) is 3.05. The third-order valence-corrected chi connectivity index (χ3v) is 5.76. The second kappa shape index (κ2) is 8.12. The van der Waals surface area contributed by atoms with Gasteiger partial charge < -0.3 is 10.2 Å². The van der Waals surface area contributed by atoms with Crippen molar-refractivity contribution < 1.29 is 19.8 Å². The molecule has 146 valence electrons. The van der Waals surface area contributed by atoms with Crippen LogP contribution in [0.5, 0.6) is 0 Å². The number of fused-ring (bicyclic) bond motifs is 1. The van der Waals surface area contributed by atoms with Crippen molar-refractivity contribution in [1.29, 1.82) is 0 Å². The summed E-state index contributed by atoms with van der Waals surface area (Å²) in [4.78, 5) is 40.4. The first kappa shape index (κ1) is 20.0. The highest BCUT2D eigenvalue weighted by molar-refractivity contribution is 7.20. The fourth-order valence-corrected chi connectivity index (χ4v) is 4.29. The number of carboxylic acid groups (broad SMARTS) is 2. The predicted molar refractivity (Wildman–Crippen MR) is 107 cm³/mol. The number of nitrogens with zero attached hydrogens (tertiary/aromatic N) is 2. The minimum Gasteiger partial charge on any atom is -0.481 e. The zero-order chi connectivity index (χ0) is 20.4. The number of hydrogen-bond acceptors (Lipinski definition) is 5. The lowest BCUT2D eigenvalue weighted by Gasteiger charge is -2.12. The summed E-state index contributed by atoms with van der Waals surface area (Å²) < 4.78 is 1.44. The van der Waals surface area contributed by atoms with Crippen LogP contribution in [0, 0.1) is 6.92 Å². The molecule has 0 aliphatic carbocycles. The summed E-state index contributed by atoms with van der Waals surface area (Å²) in [7, 11) is 0. The molecule has 0 radical (unpaired) electrons. The van der Waals surface area contributed by atoms with E-state index in [2.05, 4.69) is 4.98 Å². The zero-order valence-corrected chi connectivity index (χ0v) is 16.5. The van der Waals surface area contributed by atoms with Crippen LogP contribution in [0.1, 0.15) is 39.5 Å². The molecule has 0 aliphatic heterocycles. The average Bonchev–Trinajstić information content (AvgIpc) is 2.94. The van der Waals surface area contributed by atoms with E-state index >= 15 is 0 Å². The first-order valence-electron chi connectivity index (χ1n) is 8.50. The molecule has 0 fully saturated rings. The third kappa shape index (κ3) is 4.07. The molecular formula is C19H17ClN2O5S. The van der Waals surface area contributed by atoms with Gasteiger partial charge >= 0.3 is 11.9 Å². The second-order valence-electron chi connectivity index (χ2n) is 6.33. The minimum atomic E-state index is -1.10. The molecule has 0 unspecified atom stereocenters. The summed E-state index contributed by atoms with van der Waals surface area (Å²) in [6, 6.07) is 7.15. The van der Waals surface area contributed by atoms with Crippen molar-refractivity contribution in [2.45, 2.75) is 32.7 Å². The van der Waals surface area contributed by atoms with Gasteiger partial charge in [0.1, 0.15) is 15.5 Å². The lowest BCUT2D eigenvalue weighted by atomic mass is 10.1. The standard InChI is InChI=1S/C19H17ClN2O5S/c1-10-15-17(28-16(10)19(26)27)21-13(9-11-4-2-5-12(20)8-11)22(18(15)25)7-3-6-14(23)24/h2,4-5,8H,3,6-7,9H2,1H3,(H,23,24)(H,26,27). The first-order chi connectivity index (χ1) is 13.3. The lowest BCUT2D eigenvalue weighted by molar-refractivity contribution is -0.137. The van der Waals surface area contributed by atoms with Crippen LogP contribution in [0.4, 0.5) is 0 Å². The molecule has 2 N–H and O–H groups in total. The number of carboxylic acids is 2. The summed E-state index contributed by atoms with van der Waals surface area (Å²) in [6.45, 7) is 1.77. The quantitative estimate of drug-likeness (QED) is 0.604. The van der Waals surface area contributed by atoms with Gasteiger partial charge in [-0.3, -0.25) is 14.2 Å². The molecule has 2 aromatic heterocycles. The van der Waals surface area contributed by atoms with Crippen LogP contribution >= 0.6 is 22.9 Å². The van der Waals surface area contributed by atoms with E-state index in [4.69, 9.17) is 16.7 Å². The minimum absolute atomic E-state index is 0.0793. The topological polar surface area (TPSA) is 109 Å². The number of thiophene rings is 1. The highest BCUT2D eigenvalue weighted by atomic mass is 35.5. The van der Waals surface area contributed by atoms with E-state index in [1.54, 1.807) is 25.1 Å². The number of rotatable bonds is 7. The van der Waals surface area contributed by atoms with Gasteiger partial charge in [0.15, 0.2) is 0 Å². The largest absolute Gasteiger partial charge is 0.481 e. The summed E-state index contributed by atoms with van der Waals surface area (Å²) in [5.74, 6) is -1.60. The van der Waals surface area contributed by atoms with E-state index in [1.165, 1.54) is 4.57 Å². The van der Waals surface area contributed by atoms with E-state index < -0.39 is 11.9 Å². The maximum atomic E-state index is 13.1. The molecule has 0 bridgehead atoms. The van der Waals surface area contributed by atoms with Crippen LogP contribution in [0.2, 0.25) is 5.02 Å². The Morgan fingerprint density at radius 3 is 2.68 bits per heavy atom. The molecule has 0 spiro atoms. The van der Waals surface area contributed by atoms with E-state index in [0.29, 0.717) is 27.7 Å². The maximum Gasteiger partial charge on any atom is 0.346 e. The van der Waals surface area contributed by atoms with Crippen LogP contribution in [-0.4, -0.2) is 31.7 Å². The molecule has 28 heavy (non-hydrogen) atoms. The van der Waals surface area contributed by atoms with Gasteiger partial charge in [-0.25, -0.2) is 9.78 Å². The highest BCUT2D eigenvalue weighted by Gasteiger charge is 2.21. The van der Waals surface area contributed by atoms with Gasteiger partial charge in [0.2, 0.25) is 0 Å². The molecule has 0 aliphatic rings. The van der Waals surface area contributed by atoms with Crippen LogP contribution in [0.15, 0.2) is 29.1 Å². The van der Waals surface area contributed by atoms with E-state index in [9.17, 15) is 19.5 Å². The number of hydrogen-bond donors (Lipinski definition) is 2. The number of aromatic carboxylic acids is 1.